The van der Waals surface area contributed by atoms with E-state index in [4.69, 9.17) is 16.3 Å². The first-order valence-corrected chi connectivity index (χ1v) is 9.34. The molecule has 25 heavy (non-hydrogen) atoms. The number of benzene rings is 1. The van der Waals surface area contributed by atoms with Crippen molar-refractivity contribution in [1.82, 2.24) is 0 Å². The summed E-state index contributed by atoms with van der Waals surface area (Å²) in [5, 5.41) is 11.2. The first kappa shape index (κ1) is 18.2. The molecule has 2 aliphatic heterocycles. The quantitative estimate of drug-likeness (QED) is 0.810. The molecular weight excluding hydrogens is 360 g/mol. The third kappa shape index (κ3) is 3.28. The minimum Gasteiger partial charge on any atom is -0.485 e. The fourth-order valence-corrected chi connectivity index (χ4v) is 4.24. The average Bonchev–Trinajstić information content (AvgIpc) is 2.55. The van der Waals surface area contributed by atoms with E-state index >= 15 is 0 Å². The number of ether oxygens (including phenoxy) is 1. The number of halogens is 1. The average molecular weight is 379 g/mol. The summed E-state index contributed by atoms with van der Waals surface area (Å²) in [4.78, 5) is 25.4. The second-order valence-corrected chi connectivity index (χ2v) is 8.13. The van der Waals surface area contributed by atoms with E-state index in [0.29, 0.717) is 32.6 Å². The molecule has 0 bridgehead atoms. The predicted molar refractivity (Wildman–Crippen MR) is 99.4 cm³/mol. The van der Waals surface area contributed by atoms with Crippen LogP contribution < -0.4 is 4.74 Å². The third-order valence-electron chi connectivity index (χ3n) is 4.46. The molecule has 0 fully saturated rings. The summed E-state index contributed by atoms with van der Waals surface area (Å²) in [6.45, 7) is 4.94. The molecule has 1 aromatic rings. The Kier molecular flexibility index (Phi) is 4.84. The van der Waals surface area contributed by atoms with Gasteiger partial charge in [0.05, 0.1) is 15.9 Å². The highest BCUT2D eigenvalue weighted by Gasteiger charge is 2.47. The summed E-state index contributed by atoms with van der Waals surface area (Å²) in [6.07, 6.45) is 2.53. The van der Waals surface area contributed by atoms with Gasteiger partial charge in [-0.25, -0.2) is 0 Å². The number of thioether (sulfide) groups is 1. The van der Waals surface area contributed by atoms with Gasteiger partial charge in [0.25, 0.3) is 0 Å². The van der Waals surface area contributed by atoms with Gasteiger partial charge in [0.2, 0.25) is 0 Å². The van der Waals surface area contributed by atoms with E-state index in [1.54, 1.807) is 38.1 Å². The van der Waals surface area contributed by atoms with Gasteiger partial charge < -0.3 is 9.84 Å². The largest absolute Gasteiger partial charge is 0.485 e. The van der Waals surface area contributed by atoms with Gasteiger partial charge in [0, 0.05) is 16.9 Å². The zero-order chi connectivity index (χ0) is 18.4. The summed E-state index contributed by atoms with van der Waals surface area (Å²) in [5.41, 5.74) is 0.0627. The number of hydrogen-bond donors (Lipinski definition) is 1. The molecule has 0 saturated heterocycles. The van der Waals surface area contributed by atoms with E-state index in [2.05, 4.69) is 0 Å². The maximum atomic E-state index is 13.2. The summed E-state index contributed by atoms with van der Waals surface area (Å²) < 4.78 is 5.88. The summed E-state index contributed by atoms with van der Waals surface area (Å²) in [5.74, 6) is -0.0291. The van der Waals surface area contributed by atoms with Gasteiger partial charge in [-0.15, -0.1) is 11.8 Å². The Morgan fingerprint density at radius 3 is 2.72 bits per heavy atom. The number of hydrogen-bond acceptors (Lipinski definition) is 5. The summed E-state index contributed by atoms with van der Waals surface area (Å²) in [6, 6.07) is 4.99. The van der Waals surface area contributed by atoms with E-state index < -0.39 is 17.6 Å². The molecule has 0 unspecified atom stereocenters. The Hall–Kier alpha value is -1.56. The minimum atomic E-state index is -1.06. The van der Waals surface area contributed by atoms with Crippen molar-refractivity contribution in [2.24, 2.45) is 0 Å². The van der Waals surface area contributed by atoms with E-state index in [1.165, 1.54) is 18.7 Å². The highest BCUT2D eigenvalue weighted by Crippen LogP contribution is 2.45. The first-order valence-electron chi connectivity index (χ1n) is 7.97. The molecule has 2 heterocycles. The molecule has 1 aromatic carbocycles. The van der Waals surface area contributed by atoms with Crippen molar-refractivity contribution in [3.8, 4) is 5.75 Å². The predicted octanol–water partition coefficient (Wildman–Crippen LogP) is 3.83. The monoisotopic (exact) mass is 378 g/mol. The smallest absolute Gasteiger partial charge is 0.181 e. The van der Waals surface area contributed by atoms with Crippen LogP contribution in [0, 0.1) is 0 Å². The van der Waals surface area contributed by atoms with E-state index in [-0.39, 0.29) is 11.6 Å². The van der Waals surface area contributed by atoms with Crippen molar-refractivity contribution in [3.05, 3.63) is 51.4 Å². The van der Waals surface area contributed by atoms with E-state index in [9.17, 15) is 14.7 Å². The molecule has 0 aliphatic carbocycles. The second-order valence-electron chi connectivity index (χ2n) is 6.69. The Balaban J connectivity index is 2.14. The lowest BCUT2D eigenvalue weighted by molar-refractivity contribution is -0.125. The van der Waals surface area contributed by atoms with Crippen LogP contribution >= 0.6 is 23.4 Å². The lowest BCUT2D eigenvalue weighted by Crippen LogP contribution is -2.51. The molecule has 0 radical (unpaired) electrons. The Bertz CT molecular complexity index is 810. The second kappa shape index (κ2) is 6.63. The van der Waals surface area contributed by atoms with Crippen molar-refractivity contribution in [1.29, 1.82) is 0 Å². The van der Waals surface area contributed by atoms with Crippen molar-refractivity contribution in [2.45, 2.75) is 38.4 Å². The Morgan fingerprint density at radius 2 is 2.08 bits per heavy atom. The molecule has 2 aliphatic rings. The number of Topliss-reactive ketones (excluding diaryl/α,β-unsaturated/α-hetero) is 2. The van der Waals surface area contributed by atoms with Crippen LogP contribution in [0.3, 0.4) is 0 Å². The van der Waals surface area contributed by atoms with Crippen LogP contribution in [-0.2, 0) is 4.79 Å². The van der Waals surface area contributed by atoms with Crippen LogP contribution in [0.25, 0.3) is 0 Å². The Morgan fingerprint density at radius 1 is 1.36 bits per heavy atom. The standard InChI is InChI=1S/C19H19ClO4S/c1-10(21)11-6-7-14-12(9-11)15(18(23)19(2,3)24-14)16(22)17-13(20)5-4-8-25-17/h4-7,9,15,18,23H,8H2,1-3H3/t15-,18+/m1/s1. The van der Waals surface area contributed by atoms with Gasteiger partial charge >= 0.3 is 0 Å². The molecule has 0 amide bonds. The minimum absolute atomic E-state index is 0.111. The normalized spacial score (nSPS) is 24.5. The lowest BCUT2D eigenvalue weighted by Gasteiger charge is -2.41. The van der Waals surface area contributed by atoms with Crippen LogP contribution in [0.1, 0.15) is 42.6 Å². The topological polar surface area (TPSA) is 63.6 Å². The van der Waals surface area contributed by atoms with Gasteiger partial charge in [-0.2, -0.15) is 0 Å². The van der Waals surface area contributed by atoms with E-state index in [1.807, 2.05) is 6.08 Å². The number of carbonyl (C=O) groups excluding carboxylic acids is 2. The lowest BCUT2D eigenvalue weighted by atomic mass is 9.78. The van der Waals surface area contributed by atoms with Crippen LogP contribution in [0.4, 0.5) is 0 Å². The number of fused-ring (bicyclic) bond motifs is 1. The van der Waals surface area contributed by atoms with Crippen LogP contribution in [-0.4, -0.2) is 34.1 Å². The zero-order valence-corrected chi connectivity index (χ0v) is 15.8. The Labute approximate surface area is 155 Å². The fourth-order valence-electron chi connectivity index (χ4n) is 3.06. The van der Waals surface area contributed by atoms with Crippen molar-refractivity contribution < 1.29 is 19.4 Å². The van der Waals surface area contributed by atoms with Crippen LogP contribution in [0.2, 0.25) is 0 Å². The molecule has 4 nitrogen and oxygen atoms in total. The summed E-state index contributed by atoms with van der Waals surface area (Å²) in [7, 11) is 0. The number of ketones is 2. The number of aliphatic hydroxyl groups excluding tert-OH is 1. The molecule has 0 aromatic heterocycles. The number of rotatable bonds is 3. The van der Waals surface area contributed by atoms with Crippen LogP contribution in [0.15, 0.2) is 40.3 Å². The van der Waals surface area contributed by atoms with Gasteiger partial charge in [-0.05, 0) is 45.0 Å². The van der Waals surface area contributed by atoms with Gasteiger partial charge in [-0.1, -0.05) is 17.7 Å². The molecule has 2 atom stereocenters. The molecule has 0 spiro atoms. The third-order valence-corrected chi connectivity index (χ3v) is 5.96. The molecular formula is C19H19ClO4S. The molecule has 6 heteroatoms. The number of aliphatic hydroxyl groups is 1. The maximum Gasteiger partial charge on any atom is 0.181 e. The maximum absolute atomic E-state index is 13.2. The SMILES string of the molecule is CC(=O)c1ccc2c(c1)[C@H](C(=O)C1=C(Cl)C=CCS1)[C@H](O)C(C)(C)O2. The summed E-state index contributed by atoms with van der Waals surface area (Å²) >= 11 is 7.56. The zero-order valence-electron chi connectivity index (χ0n) is 14.2. The molecule has 132 valence electrons. The van der Waals surface area contributed by atoms with Gasteiger partial charge in [-0.3, -0.25) is 9.59 Å². The fraction of sp³-hybridized carbons (Fsp3) is 0.368. The number of carbonyl (C=O) groups is 2. The molecule has 1 N–H and O–H groups in total. The van der Waals surface area contributed by atoms with Gasteiger partial charge in [0.1, 0.15) is 17.5 Å². The highest BCUT2D eigenvalue weighted by atomic mass is 35.5. The highest BCUT2D eigenvalue weighted by molar-refractivity contribution is 8.04. The van der Waals surface area contributed by atoms with E-state index in [0.717, 1.165) is 0 Å². The van der Waals surface area contributed by atoms with Crippen LogP contribution in [0.5, 0.6) is 5.75 Å². The number of allylic oxidation sites excluding steroid dienone is 3. The molecule has 3 rings (SSSR count). The van der Waals surface area contributed by atoms with Crippen molar-refractivity contribution >= 4 is 34.9 Å². The van der Waals surface area contributed by atoms with Gasteiger partial charge in [0.15, 0.2) is 11.6 Å². The first-order chi connectivity index (χ1) is 11.7. The molecule has 0 saturated carbocycles. The van der Waals surface area contributed by atoms with Crippen molar-refractivity contribution in [2.75, 3.05) is 5.75 Å². The van der Waals surface area contributed by atoms with Crippen molar-refractivity contribution in [3.63, 3.8) is 0 Å².